The van der Waals surface area contributed by atoms with E-state index in [4.69, 9.17) is 0 Å². The first-order chi connectivity index (χ1) is 11.3. The van der Waals surface area contributed by atoms with E-state index in [2.05, 4.69) is 5.10 Å². The fourth-order valence-electron chi connectivity index (χ4n) is 4.53. The number of hydrogen-bond donors (Lipinski definition) is 0. The van der Waals surface area contributed by atoms with E-state index < -0.39 is 34.7 Å². The van der Waals surface area contributed by atoms with Gasteiger partial charge in [-0.1, -0.05) is 0 Å². The summed E-state index contributed by atoms with van der Waals surface area (Å²) in [5, 5.41) is 4.33. The normalized spacial score (nSPS) is 33.1. The molecule has 3 fully saturated rings. The van der Waals surface area contributed by atoms with Crippen molar-refractivity contribution < 1.29 is 17.6 Å². The Morgan fingerprint density at radius 1 is 1.12 bits per heavy atom. The van der Waals surface area contributed by atoms with Crippen molar-refractivity contribution in [3.05, 3.63) is 51.5 Å². The molecule has 1 aromatic carbocycles. The topological polar surface area (TPSA) is 39.8 Å². The predicted octanol–water partition coefficient (Wildman–Crippen LogP) is 2.60. The molecular formula is C16H13F4N3O. The SMILES string of the molecule is O=c1n(C23CC(F)(C2)C3)nc2n1C(c1cc(F)c(F)c(F)c1)CC2. The quantitative estimate of drug-likeness (QED) is 0.623. The highest BCUT2D eigenvalue weighted by Gasteiger charge is 2.71. The van der Waals surface area contributed by atoms with Crippen LogP contribution < -0.4 is 5.69 Å². The molecule has 6 rings (SSSR count). The van der Waals surface area contributed by atoms with E-state index in [1.807, 2.05) is 0 Å². The maximum atomic E-state index is 13.7. The Kier molecular flexibility index (Phi) is 2.43. The van der Waals surface area contributed by atoms with Gasteiger partial charge in [-0.15, -0.1) is 0 Å². The van der Waals surface area contributed by atoms with E-state index in [0.29, 0.717) is 37.9 Å². The highest BCUT2D eigenvalue weighted by Crippen LogP contribution is 2.66. The summed E-state index contributed by atoms with van der Waals surface area (Å²) in [7, 11) is 0. The second-order valence-electron chi connectivity index (χ2n) is 7.24. The van der Waals surface area contributed by atoms with Crippen LogP contribution in [0.15, 0.2) is 16.9 Å². The zero-order valence-electron chi connectivity index (χ0n) is 12.5. The third-order valence-electron chi connectivity index (χ3n) is 5.61. The lowest BCUT2D eigenvalue weighted by Gasteiger charge is -2.64. The molecule has 0 spiro atoms. The minimum Gasteiger partial charge on any atom is -0.271 e. The Balaban J connectivity index is 1.58. The molecule has 1 unspecified atom stereocenters. The van der Waals surface area contributed by atoms with Gasteiger partial charge in [0.05, 0.1) is 11.6 Å². The standard InChI is InChI=1S/C16H13F4N3O/c17-9-3-8(4-10(18)13(9)19)11-1-2-12-21-23(14(24)22(11)12)16-5-15(20,6-16)7-16/h3-4,11H,1-2,5-7H2. The lowest BCUT2D eigenvalue weighted by molar-refractivity contribution is -0.205. The summed E-state index contributed by atoms with van der Waals surface area (Å²) < 4.78 is 56.7. The van der Waals surface area contributed by atoms with Gasteiger partial charge in [0.1, 0.15) is 11.5 Å². The van der Waals surface area contributed by atoms with Crippen molar-refractivity contribution in [1.82, 2.24) is 14.3 Å². The molecule has 1 atom stereocenters. The minimum absolute atomic E-state index is 0.200. The first-order valence-corrected chi connectivity index (χ1v) is 7.86. The second-order valence-corrected chi connectivity index (χ2v) is 7.24. The number of aromatic nitrogens is 3. The molecule has 1 aromatic heterocycles. The fraction of sp³-hybridized carbons (Fsp3) is 0.500. The molecule has 0 saturated heterocycles. The van der Waals surface area contributed by atoms with E-state index in [-0.39, 0.29) is 11.3 Å². The van der Waals surface area contributed by atoms with Crippen LogP contribution in [0.25, 0.3) is 0 Å². The van der Waals surface area contributed by atoms with E-state index in [9.17, 15) is 22.4 Å². The smallest absolute Gasteiger partial charge is 0.271 e. The van der Waals surface area contributed by atoms with Crippen LogP contribution >= 0.6 is 0 Å². The zero-order chi connectivity index (χ0) is 16.9. The third kappa shape index (κ3) is 1.58. The molecule has 4 nitrogen and oxygen atoms in total. The van der Waals surface area contributed by atoms with E-state index in [1.165, 1.54) is 9.25 Å². The average Bonchev–Trinajstić information content (AvgIpc) is 3.01. The highest BCUT2D eigenvalue weighted by molar-refractivity contribution is 5.27. The van der Waals surface area contributed by atoms with Gasteiger partial charge in [0.2, 0.25) is 0 Å². The van der Waals surface area contributed by atoms with Gasteiger partial charge < -0.3 is 0 Å². The van der Waals surface area contributed by atoms with Gasteiger partial charge >= 0.3 is 5.69 Å². The molecule has 2 aromatic rings. The van der Waals surface area contributed by atoms with Crippen LogP contribution in [0.5, 0.6) is 0 Å². The summed E-state index contributed by atoms with van der Waals surface area (Å²) in [5.41, 5.74) is -1.88. The molecular weight excluding hydrogens is 326 g/mol. The Hall–Kier alpha value is -2.12. The summed E-state index contributed by atoms with van der Waals surface area (Å²) in [5.74, 6) is -3.56. The van der Waals surface area contributed by atoms with Crippen LogP contribution in [0.1, 0.15) is 43.1 Å². The van der Waals surface area contributed by atoms with Gasteiger partial charge in [-0.2, -0.15) is 5.10 Å². The van der Waals surface area contributed by atoms with E-state index in [1.54, 1.807) is 0 Å². The second kappa shape index (κ2) is 4.10. The summed E-state index contributed by atoms with van der Waals surface area (Å²) in [6.45, 7) is 0. The molecule has 3 saturated carbocycles. The molecule has 8 heteroatoms. The molecule has 3 aliphatic carbocycles. The summed E-state index contributed by atoms with van der Waals surface area (Å²) in [6.07, 6.45) is 1.82. The molecule has 1 aliphatic heterocycles. The molecule has 24 heavy (non-hydrogen) atoms. The Morgan fingerprint density at radius 2 is 1.75 bits per heavy atom. The first kappa shape index (κ1) is 14.2. The first-order valence-electron chi connectivity index (χ1n) is 7.86. The minimum atomic E-state index is -1.53. The van der Waals surface area contributed by atoms with Crippen LogP contribution in [0, 0.1) is 17.5 Å². The van der Waals surface area contributed by atoms with E-state index in [0.717, 1.165) is 12.1 Å². The molecule has 2 bridgehead atoms. The molecule has 4 aliphatic rings. The van der Waals surface area contributed by atoms with Gasteiger partial charge in [0, 0.05) is 25.7 Å². The molecule has 126 valence electrons. The van der Waals surface area contributed by atoms with Crippen LogP contribution in [0.2, 0.25) is 0 Å². The van der Waals surface area contributed by atoms with Crippen molar-refractivity contribution in [3.8, 4) is 0 Å². The molecule has 2 heterocycles. The number of halogens is 4. The Morgan fingerprint density at radius 3 is 2.33 bits per heavy atom. The van der Waals surface area contributed by atoms with E-state index >= 15 is 0 Å². The summed E-state index contributed by atoms with van der Waals surface area (Å²) >= 11 is 0. The molecule has 0 radical (unpaired) electrons. The summed E-state index contributed by atoms with van der Waals surface area (Å²) in [6, 6.07) is 1.25. The largest absolute Gasteiger partial charge is 0.347 e. The van der Waals surface area contributed by atoms with Crippen molar-refractivity contribution >= 4 is 0 Å². The van der Waals surface area contributed by atoms with Crippen LogP contribution in [0.4, 0.5) is 17.6 Å². The number of rotatable bonds is 2. The average molecular weight is 339 g/mol. The Labute approximate surface area is 133 Å². The van der Waals surface area contributed by atoms with Crippen molar-refractivity contribution in [1.29, 1.82) is 0 Å². The summed E-state index contributed by atoms with van der Waals surface area (Å²) in [4.78, 5) is 12.7. The van der Waals surface area contributed by atoms with Gasteiger partial charge in [0.25, 0.3) is 0 Å². The fourth-order valence-corrected chi connectivity index (χ4v) is 4.53. The van der Waals surface area contributed by atoms with Crippen LogP contribution in [0.3, 0.4) is 0 Å². The lowest BCUT2D eigenvalue weighted by Crippen LogP contribution is -2.72. The maximum Gasteiger partial charge on any atom is 0.347 e. The lowest BCUT2D eigenvalue weighted by atomic mass is 9.47. The number of hydrogen-bond acceptors (Lipinski definition) is 2. The Bertz CT molecular complexity index is 905. The predicted molar refractivity (Wildman–Crippen MR) is 74.9 cm³/mol. The number of alkyl halides is 1. The maximum absolute atomic E-state index is 13.7. The third-order valence-corrected chi connectivity index (χ3v) is 5.61. The van der Waals surface area contributed by atoms with Gasteiger partial charge in [-0.25, -0.2) is 27.0 Å². The van der Waals surface area contributed by atoms with Gasteiger partial charge in [0.15, 0.2) is 17.5 Å². The van der Waals surface area contributed by atoms with Crippen molar-refractivity contribution in [2.75, 3.05) is 0 Å². The molecule has 0 N–H and O–H groups in total. The van der Waals surface area contributed by atoms with Gasteiger partial charge in [-0.3, -0.25) is 4.57 Å². The van der Waals surface area contributed by atoms with Crippen molar-refractivity contribution in [3.63, 3.8) is 0 Å². The number of fused-ring (bicyclic) bond motifs is 1. The number of benzene rings is 1. The van der Waals surface area contributed by atoms with Gasteiger partial charge in [-0.05, 0) is 24.1 Å². The monoisotopic (exact) mass is 339 g/mol. The van der Waals surface area contributed by atoms with Crippen LogP contribution in [-0.4, -0.2) is 20.0 Å². The molecule has 0 amide bonds. The highest BCUT2D eigenvalue weighted by atomic mass is 19.2. The zero-order valence-corrected chi connectivity index (χ0v) is 12.5. The number of nitrogens with zero attached hydrogens (tertiary/aromatic N) is 3. The number of aryl methyl sites for hydroxylation is 1. The van der Waals surface area contributed by atoms with Crippen LogP contribution in [-0.2, 0) is 12.0 Å². The van der Waals surface area contributed by atoms with Crippen molar-refractivity contribution in [2.45, 2.75) is 49.4 Å². The van der Waals surface area contributed by atoms with Crippen molar-refractivity contribution in [2.24, 2.45) is 0 Å².